The first kappa shape index (κ1) is 15.2. The number of hydrogen-bond donors (Lipinski definition) is 0. The summed E-state index contributed by atoms with van der Waals surface area (Å²) in [4.78, 5) is 4.80. The molecule has 2 aliphatic rings. The fourth-order valence-corrected chi connectivity index (χ4v) is 4.38. The van der Waals surface area contributed by atoms with E-state index in [1.807, 2.05) is 12.1 Å². The Morgan fingerprint density at radius 3 is 2.61 bits per heavy atom. The quantitative estimate of drug-likeness (QED) is 0.632. The second-order valence-electron chi connectivity index (χ2n) is 6.74. The van der Waals surface area contributed by atoms with Crippen molar-refractivity contribution >= 4 is 28.9 Å². The van der Waals surface area contributed by atoms with Crippen LogP contribution in [-0.4, -0.2) is 12.3 Å². The Hall–Kier alpha value is -1.31. The SMILES string of the molecule is CC1CCc2cc(C3=NCC(c4cc(Cl)cc(Cl)c4)C3)ccc21. The Labute approximate surface area is 147 Å². The molecule has 0 spiro atoms. The molecule has 1 nitrogen and oxygen atoms in total. The summed E-state index contributed by atoms with van der Waals surface area (Å²) < 4.78 is 0. The fourth-order valence-electron chi connectivity index (χ4n) is 3.84. The smallest absolute Gasteiger partial charge is 0.0465 e. The van der Waals surface area contributed by atoms with Gasteiger partial charge in [0.1, 0.15) is 0 Å². The average Bonchev–Trinajstić information content (AvgIpc) is 3.14. The minimum atomic E-state index is 0.383. The fraction of sp³-hybridized carbons (Fsp3) is 0.350. The Balaban J connectivity index is 1.56. The molecule has 0 amide bonds. The zero-order valence-corrected chi connectivity index (χ0v) is 14.7. The molecule has 0 bridgehead atoms. The lowest BCUT2D eigenvalue weighted by Crippen LogP contribution is -2.03. The second kappa shape index (κ2) is 5.96. The van der Waals surface area contributed by atoms with Crippen molar-refractivity contribution in [1.29, 1.82) is 0 Å². The lowest BCUT2D eigenvalue weighted by Gasteiger charge is -2.11. The third-order valence-electron chi connectivity index (χ3n) is 5.15. The average molecular weight is 344 g/mol. The molecule has 2 unspecified atom stereocenters. The van der Waals surface area contributed by atoms with Crippen molar-refractivity contribution in [3.05, 3.63) is 68.7 Å². The van der Waals surface area contributed by atoms with Gasteiger partial charge in [-0.3, -0.25) is 4.99 Å². The third kappa shape index (κ3) is 2.93. The van der Waals surface area contributed by atoms with Gasteiger partial charge in [0.2, 0.25) is 0 Å². The maximum Gasteiger partial charge on any atom is 0.0465 e. The maximum absolute atomic E-state index is 6.14. The molecule has 3 heteroatoms. The Morgan fingerprint density at radius 2 is 1.83 bits per heavy atom. The molecule has 1 aliphatic carbocycles. The number of hydrogen-bond acceptors (Lipinski definition) is 1. The topological polar surface area (TPSA) is 12.4 Å². The van der Waals surface area contributed by atoms with E-state index in [0.29, 0.717) is 21.9 Å². The van der Waals surface area contributed by atoms with Crippen molar-refractivity contribution in [1.82, 2.24) is 0 Å². The maximum atomic E-state index is 6.14. The van der Waals surface area contributed by atoms with Crippen molar-refractivity contribution in [2.45, 2.75) is 38.0 Å². The monoisotopic (exact) mass is 343 g/mol. The van der Waals surface area contributed by atoms with E-state index in [-0.39, 0.29) is 0 Å². The second-order valence-corrected chi connectivity index (χ2v) is 7.62. The number of fused-ring (bicyclic) bond motifs is 1. The van der Waals surface area contributed by atoms with E-state index < -0.39 is 0 Å². The van der Waals surface area contributed by atoms with E-state index in [9.17, 15) is 0 Å². The van der Waals surface area contributed by atoms with Gasteiger partial charge < -0.3 is 0 Å². The standard InChI is InChI=1S/C20H19Cl2N/c1-12-2-3-13-6-14(4-5-19(12)13)20-9-16(11-23-20)15-7-17(21)10-18(22)8-15/h4-8,10,12,16H,2-3,9,11H2,1H3. The summed E-state index contributed by atoms with van der Waals surface area (Å²) >= 11 is 12.3. The van der Waals surface area contributed by atoms with Gasteiger partial charge in [-0.05, 0) is 71.7 Å². The van der Waals surface area contributed by atoms with Gasteiger partial charge >= 0.3 is 0 Å². The minimum absolute atomic E-state index is 0.383. The summed E-state index contributed by atoms with van der Waals surface area (Å²) in [6, 6.07) is 12.7. The molecule has 118 valence electrons. The van der Waals surface area contributed by atoms with Gasteiger partial charge in [0.15, 0.2) is 0 Å². The van der Waals surface area contributed by atoms with Gasteiger partial charge in [-0.1, -0.05) is 42.3 Å². The molecule has 0 fully saturated rings. The van der Waals surface area contributed by atoms with Crippen LogP contribution in [-0.2, 0) is 6.42 Å². The Kier molecular flexibility index (Phi) is 3.95. The van der Waals surface area contributed by atoms with Crippen LogP contribution in [0.25, 0.3) is 0 Å². The number of aryl methyl sites for hydroxylation is 1. The van der Waals surface area contributed by atoms with Crippen LogP contribution in [0.1, 0.15) is 53.9 Å². The highest BCUT2D eigenvalue weighted by Gasteiger charge is 2.24. The Bertz CT molecular complexity index is 774. The predicted molar refractivity (Wildman–Crippen MR) is 98.4 cm³/mol. The van der Waals surface area contributed by atoms with Gasteiger partial charge in [0.05, 0.1) is 0 Å². The van der Waals surface area contributed by atoms with E-state index in [1.165, 1.54) is 40.8 Å². The van der Waals surface area contributed by atoms with Crippen LogP contribution < -0.4 is 0 Å². The van der Waals surface area contributed by atoms with Crippen LogP contribution in [0, 0.1) is 0 Å². The van der Waals surface area contributed by atoms with Crippen molar-refractivity contribution in [2.24, 2.45) is 4.99 Å². The predicted octanol–water partition coefficient (Wildman–Crippen LogP) is 6.02. The summed E-state index contributed by atoms with van der Waals surface area (Å²) in [6.45, 7) is 3.14. The summed E-state index contributed by atoms with van der Waals surface area (Å²) in [5, 5.41) is 1.40. The Morgan fingerprint density at radius 1 is 1.04 bits per heavy atom. The van der Waals surface area contributed by atoms with Crippen LogP contribution in [0.5, 0.6) is 0 Å². The molecular formula is C20H19Cl2N. The largest absolute Gasteiger partial charge is 0.288 e. The molecular weight excluding hydrogens is 325 g/mol. The summed E-state index contributed by atoms with van der Waals surface area (Å²) in [6.07, 6.45) is 3.44. The lowest BCUT2D eigenvalue weighted by atomic mass is 9.93. The van der Waals surface area contributed by atoms with E-state index in [4.69, 9.17) is 28.2 Å². The number of nitrogens with zero attached hydrogens (tertiary/aromatic N) is 1. The van der Waals surface area contributed by atoms with Crippen molar-refractivity contribution in [3.63, 3.8) is 0 Å². The molecule has 2 aromatic carbocycles. The zero-order valence-electron chi connectivity index (χ0n) is 13.2. The third-order valence-corrected chi connectivity index (χ3v) is 5.59. The lowest BCUT2D eigenvalue weighted by molar-refractivity contribution is 0.747. The van der Waals surface area contributed by atoms with Gasteiger partial charge in [0, 0.05) is 28.2 Å². The van der Waals surface area contributed by atoms with Crippen molar-refractivity contribution < 1.29 is 0 Å². The summed E-state index contributed by atoms with van der Waals surface area (Å²) in [7, 11) is 0. The molecule has 2 aromatic rings. The van der Waals surface area contributed by atoms with Gasteiger partial charge in [0.25, 0.3) is 0 Å². The molecule has 0 radical (unpaired) electrons. The first-order valence-corrected chi connectivity index (χ1v) is 8.98. The number of halogens is 2. The van der Waals surface area contributed by atoms with Crippen LogP contribution in [0.15, 0.2) is 41.4 Å². The van der Waals surface area contributed by atoms with E-state index in [0.717, 1.165) is 13.0 Å². The van der Waals surface area contributed by atoms with Crippen molar-refractivity contribution in [3.8, 4) is 0 Å². The van der Waals surface area contributed by atoms with Crippen LogP contribution in [0.2, 0.25) is 10.0 Å². The molecule has 0 saturated heterocycles. The van der Waals surface area contributed by atoms with E-state index in [1.54, 1.807) is 6.07 Å². The van der Waals surface area contributed by atoms with E-state index >= 15 is 0 Å². The first-order valence-electron chi connectivity index (χ1n) is 8.22. The zero-order chi connectivity index (χ0) is 16.0. The highest BCUT2D eigenvalue weighted by atomic mass is 35.5. The van der Waals surface area contributed by atoms with Crippen molar-refractivity contribution in [2.75, 3.05) is 6.54 Å². The van der Waals surface area contributed by atoms with Crippen LogP contribution in [0.3, 0.4) is 0 Å². The molecule has 0 aromatic heterocycles. The minimum Gasteiger partial charge on any atom is -0.288 e. The van der Waals surface area contributed by atoms with Gasteiger partial charge in [-0.2, -0.15) is 0 Å². The molecule has 2 atom stereocenters. The molecule has 0 saturated carbocycles. The highest BCUT2D eigenvalue weighted by Crippen LogP contribution is 2.35. The molecule has 23 heavy (non-hydrogen) atoms. The van der Waals surface area contributed by atoms with Crippen LogP contribution in [0.4, 0.5) is 0 Å². The molecule has 1 aliphatic heterocycles. The molecule has 4 rings (SSSR count). The summed E-state index contributed by atoms with van der Waals surface area (Å²) in [5.74, 6) is 1.08. The highest BCUT2D eigenvalue weighted by molar-refractivity contribution is 6.34. The summed E-state index contributed by atoms with van der Waals surface area (Å²) in [5.41, 5.74) is 6.72. The van der Waals surface area contributed by atoms with Gasteiger partial charge in [-0.25, -0.2) is 0 Å². The molecule has 0 N–H and O–H groups in total. The number of aliphatic imine (C=N–C) groups is 1. The number of benzene rings is 2. The molecule has 1 heterocycles. The van der Waals surface area contributed by atoms with Gasteiger partial charge in [-0.15, -0.1) is 0 Å². The first-order chi connectivity index (χ1) is 11.1. The normalized spacial score (nSPS) is 23.0. The number of rotatable bonds is 2. The van der Waals surface area contributed by atoms with Crippen LogP contribution >= 0.6 is 23.2 Å². The van der Waals surface area contributed by atoms with E-state index in [2.05, 4.69) is 25.1 Å².